The molecule has 0 amide bonds. The van der Waals surface area contributed by atoms with Crippen molar-refractivity contribution in [2.75, 3.05) is 26.4 Å². The quantitative estimate of drug-likeness (QED) is 0.828. The molecule has 2 rings (SSSR count). The van der Waals surface area contributed by atoms with Gasteiger partial charge in [0.25, 0.3) is 0 Å². The second kappa shape index (κ2) is 7.36. The molecular weight excluding hydrogens is 242 g/mol. The summed E-state index contributed by atoms with van der Waals surface area (Å²) in [6, 6.07) is 5.63. The monoisotopic (exact) mass is 265 g/mol. The Kier molecular flexibility index (Phi) is 5.48. The van der Waals surface area contributed by atoms with Crippen molar-refractivity contribution in [1.29, 1.82) is 0 Å². The highest BCUT2D eigenvalue weighted by atomic mass is 16.5. The molecule has 1 aromatic rings. The summed E-state index contributed by atoms with van der Waals surface area (Å²) in [5, 5.41) is 13.5. The molecule has 4 nitrogen and oxygen atoms in total. The van der Waals surface area contributed by atoms with E-state index in [1.807, 2.05) is 19.1 Å². The van der Waals surface area contributed by atoms with E-state index >= 15 is 0 Å². The SMILES string of the molecule is CCOc1cccc(CNCC2CCOCC2)c1O. The minimum Gasteiger partial charge on any atom is -0.504 e. The predicted octanol–water partition coefficient (Wildman–Crippen LogP) is 2.31. The first-order chi connectivity index (χ1) is 9.31. The van der Waals surface area contributed by atoms with Crippen LogP contribution in [0.5, 0.6) is 11.5 Å². The predicted molar refractivity (Wildman–Crippen MR) is 74.5 cm³/mol. The number of hydrogen-bond donors (Lipinski definition) is 2. The van der Waals surface area contributed by atoms with Gasteiger partial charge in [0.15, 0.2) is 11.5 Å². The van der Waals surface area contributed by atoms with Crippen LogP contribution in [0.2, 0.25) is 0 Å². The summed E-state index contributed by atoms with van der Waals surface area (Å²) < 4.78 is 10.7. The van der Waals surface area contributed by atoms with Gasteiger partial charge in [0, 0.05) is 25.3 Å². The van der Waals surface area contributed by atoms with Crippen molar-refractivity contribution < 1.29 is 14.6 Å². The van der Waals surface area contributed by atoms with Gasteiger partial charge >= 0.3 is 0 Å². The van der Waals surface area contributed by atoms with E-state index in [2.05, 4.69) is 5.32 Å². The minimum atomic E-state index is 0.254. The van der Waals surface area contributed by atoms with E-state index in [9.17, 15) is 5.11 Å². The van der Waals surface area contributed by atoms with Crippen LogP contribution < -0.4 is 10.1 Å². The molecule has 1 aliphatic rings. The van der Waals surface area contributed by atoms with Crippen molar-refractivity contribution in [2.45, 2.75) is 26.3 Å². The third-order valence-corrected chi connectivity index (χ3v) is 3.47. The third-order valence-electron chi connectivity index (χ3n) is 3.47. The van der Waals surface area contributed by atoms with E-state index in [1.165, 1.54) is 0 Å². The maximum Gasteiger partial charge on any atom is 0.162 e. The molecule has 0 aromatic heterocycles. The van der Waals surface area contributed by atoms with Gasteiger partial charge in [0.2, 0.25) is 0 Å². The molecule has 0 atom stereocenters. The third kappa shape index (κ3) is 4.11. The van der Waals surface area contributed by atoms with Gasteiger partial charge in [-0.2, -0.15) is 0 Å². The Morgan fingerprint density at radius 1 is 1.37 bits per heavy atom. The van der Waals surface area contributed by atoms with Crippen molar-refractivity contribution in [3.63, 3.8) is 0 Å². The van der Waals surface area contributed by atoms with Crippen LogP contribution in [0.1, 0.15) is 25.3 Å². The first-order valence-electron chi connectivity index (χ1n) is 7.03. The first-order valence-corrected chi connectivity index (χ1v) is 7.03. The molecular formula is C15H23NO3. The van der Waals surface area contributed by atoms with Gasteiger partial charge in [-0.3, -0.25) is 0 Å². The zero-order valence-electron chi connectivity index (χ0n) is 11.5. The number of para-hydroxylation sites is 1. The van der Waals surface area contributed by atoms with Gasteiger partial charge in [-0.1, -0.05) is 12.1 Å². The van der Waals surface area contributed by atoms with Crippen molar-refractivity contribution in [1.82, 2.24) is 5.32 Å². The lowest BCUT2D eigenvalue weighted by atomic mass is 10.0. The highest BCUT2D eigenvalue weighted by molar-refractivity contribution is 5.45. The number of phenols is 1. The van der Waals surface area contributed by atoms with Gasteiger partial charge in [-0.05, 0) is 38.3 Å². The lowest BCUT2D eigenvalue weighted by molar-refractivity contribution is 0.0662. The van der Waals surface area contributed by atoms with Crippen molar-refractivity contribution in [3.05, 3.63) is 23.8 Å². The standard InChI is InChI=1S/C15H23NO3/c1-2-19-14-5-3-4-13(15(14)17)11-16-10-12-6-8-18-9-7-12/h3-5,12,16-17H,2,6-11H2,1H3. The average molecular weight is 265 g/mol. The summed E-state index contributed by atoms with van der Waals surface area (Å²) in [6.07, 6.45) is 2.25. The summed E-state index contributed by atoms with van der Waals surface area (Å²) in [6.45, 7) is 5.86. The van der Waals surface area contributed by atoms with Gasteiger partial charge in [0.1, 0.15) is 0 Å². The second-order valence-corrected chi connectivity index (χ2v) is 4.88. The highest BCUT2D eigenvalue weighted by Gasteiger charge is 2.13. The highest BCUT2D eigenvalue weighted by Crippen LogP contribution is 2.29. The Morgan fingerprint density at radius 3 is 2.89 bits per heavy atom. The van der Waals surface area contributed by atoms with Crippen LogP contribution in [-0.4, -0.2) is 31.5 Å². The average Bonchev–Trinajstić information content (AvgIpc) is 2.44. The lowest BCUT2D eigenvalue weighted by Crippen LogP contribution is -2.27. The fourth-order valence-electron chi connectivity index (χ4n) is 2.34. The molecule has 106 valence electrons. The van der Waals surface area contributed by atoms with E-state index < -0.39 is 0 Å². The number of nitrogens with one attached hydrogen (secondary N) is 1. The Morgan fingerprint density at radius 2 is 2.16 bits per heavy atom. The molecule has 0 bridgehead atoms. The largest absolute Gasteiger partial charge is 0.504 e. The summed E-state index contributed by atoms with van der Waals surface area (Å²) in [7, 11) is 0. The Balaban J connectivity index is 1.83. The number of aromatic hydroxyl groups is 1. The van der Waals surface area contributed by atoms with Crippen LogP contribution in [0, 0.1) is 5.92 Å². The molecule has 0 saturated carbocycles. The molecule has 0 unspecified atom stereocenters. The van der Waals surface area contributed by atoms with Crippen LogP contribution in [0.15, 0.2) is 18.2 Å². The summed E-state index contributed by atoms with van der Waals surface area (Å²) in [5.41, 5.74) is 0.887. The van der Waals surface area contributed by atoms with E-state index in [1.54, 1.807) is 6.07 Å². The van der Waals surface area contributed by atoms with Gasteiger partial charge in [0.05, 0.1) is 6.61 Å². The number of rotatable bonds is 6. The number of benzene rings is 1. The zero-order chi connectivity index (χ0) is 13.5. The number of phenolic OH excluding ortho intramolecular Hbond substituents is 1. The zero-order valence-corrected chi connectivity index (χ0v) is 11.5. The molecule has 1 aromatic carbocycles. The van der Waals surface area contributed by atoms with E-state index in [4.69, 9.17) is 9.47 Å². The van der Waals surface area contributed by atoms with Crippen molar-refractivity contribution >= 4 is 0 Å². The van der Waals surface area contributed by atoms with Crippen molar-refractivity contribution in [2.24, 2.45) is 5.92 Å². The molecule has 1 saturated heterocycles. The Hall–Kier alpha value is -1.26. The smallest absolute Gasteiger partial charge is 0.162 e. The van der Waals surface area contributed by atoms with Crippen LogP contribution in [-0.2, 0) is 11.3 Å². The normalized spacial score (nSPS) is 16.5. The maximum atomic E-state index is 10.1. The fraction of sp³-hybridized carbons (Fsp3) is 0.600. The summed E-state index contributed by atoms with van der Waals surface area (Å²) >= 11 is 0. The van der Waals surface area contributed by atoms with Crippen LogP contribution in [0.4, 0.5) is 0 Å². The number of hydrogen-bond acceptors (Lipinski definition) is 4. The van der Waals surface area contributed by atoms with Gasteiger partial charge in [-0.15, -0.1) is 0 Å². The maximum absolute atomic E-state index is 10.1. The fourth-order valence-corrected chi connectivity index (χ4v) is 2.34. The lowest BCUT2D eigenvalue weighted by Gasteiger charge is -2.22. The van der Waals surface area contributed by atoms with Crippen LogP contribution >= 0.6 is 0 Å². The molecule has 1 aliphatic heterocycles. The molecule has 0 aliphatic carbocycles. The van der Waals surface area contributed by atoms with E-state index in [-0.39, 0.29) is 5.75 Å². The van der Waals surface area contributed by atoms with E-state index in [0.29, 0.717) is 24.8 Å². The van der Waals surface area contributed by atoms with Gasteiger partial charge < -0.3 is 19.9 Å². The summed E-state index contributed by atoms with van der Waals surface area (Å²) in [4.78, 5) is 0. The molecule has 1 fully saturated rings. The topological polar surface area (TPSA) is 50.7 Å². The molecule has 0 spiro atoms. The summed E-state index contributed by atoms with van der Waals surface area (Å²) in [5.74, 6) is 1.50. The molecule has 4 heteroatoms. The number of ether oxygens (including phenoxy) is 2. The Labute approximate surface area is 114 Å². The van der Waals surface area contributed by atoms with Crippen LogP contribution in [0.3, 0.4) is 0 Å². The molecule has 0 radical (unpaired) electrons. The molecule has 2 N–H and O–H groups in total. The first kappa shape index (κ1) is 14.2. The van der Waals surface area contributed by atoms with Crippen molar-refractivity contribution in [3.8, 4) is 11.5 Å². The molecule has 1 heterocycles. The minimum absolute atomic E-state index is 0.254. The molecule has 19 heavy (non-hydrogen) atoms. The van der Waals surface area contributed by atoms with Crippen LogP contribution in [0.25, 0.3) is 0 Å². The van der Waals surface area contributed by atoms with E-state index in [0.717, 1.165) is 38.2 Å². The second-order valence-electron chi connectivity index (χ2n) is 4.88. The Bertz CT molecular complexity index is 389. The van der Waals surface area contributed by atoms with Gasteiger partial charge in [-0.25, -0.2) is 0 Å².